The van der Waals surface area contributed by atoms with Crippen molar-refractivity contribution in [1.82, 2.24) is 9.99 Å². The van der Waals surface area contributed by atoms with Crippen LogP contribution in [0.15, 0.2) is 41.6 Å². The van der Waals surface area contributed by atoms with Crippen LogP contribution >= 0.6 is 0 Å². The summed E-state index contributed by atoms with van der Waals surface area (Å²) in [4.78, 5) is 11.8. The number of methoxy groups -OCH3 is 2. The third kappa shape index (κ3) is 3.88. The van der Waals surface area contributed by atoms with E-state index in [1.807, 2.05) is 29.9 Å². The number of aryl methyl sites for hydroxylation is 1. The van der Waals surface area contributed by atoms with E-state index in [1.165, 1.54) is 6.21 Å². The Morgan fingerprint density at radius 1 is 1.32 bits per heavy atom. The maximum absolute atomic E-state index is 11.8. The first-order chi connectivity index (χ1) is 10.6. The fourth-order valence-corrected chi connectivity index (χ4v) is 2.00. The number of nitrogens with zero attached hydrogens (tertiary/aromatic N) is 2. The molecule has 0 radical (unpaired) electrons. The van der Waals surface area contributed by atoms with Crippen molar-refractivity contribution in [2.45, 2.75) is 6.42 Å². The van der Waals surface area contributed by atoms with Gasteiger partial charge in [0, 0.05) is 24.5 Å². The van der Waals surface area contributed by atoms with Crippen molar-refractivity contribution < 1.29 is 14.3 Å². The summed E-state index contributed by atoms with van der Waals surface area (Å²) in [5, 5.41) is 3.97. The first-order valence-corrected chi connectivity index (χ1v) is 6.78. The maximum Gasteiger partial charge on any atom is 0.245 e. The quantitative estimate of drug-likeness (QED) is 0.653. The zero-order valence-electron chi connectivity index (χ0n) is 12.9. The highest BCUT2D eigenvalue weighted by Gasteiger charge is 2.05. The minimum Gasteiger partial charge on any atom is -0.497 e. The monoisotopic (exact) mass is 301 g/mol. The van der Waals surface area contributed by atoms with Crippen LogP contribution in [-0.4, -0.2) is 30.9 Å². The van der Waals surface area contributed by atoms with E-state index < -0.39 is 0 Å². The Labute approximate surface area is 129 Å². The molecule has 6 nitrogen and oxygen atoms in total. The lowest BCUT2D eigenvalue weighted by atomic mass is 10.2. The molecule has 0 aliphatic heterocycles. The van der Waals surface area contributed by atoms with Crippen LogP contribution in [0.2, 0.25) is 0 Å². The molecular weight excluding hydrogens is 282 g/mol. The number of hydrazone groups is 1. The Morgan fingerprint density at radius 3 is 2.77 bits per heavy atom. The molecule has 0 bridgehead atoms. The summed E-state index contributed by atoms with van der Waals surface area (Å²) in [6, 6.07) is 9.16. The van der Waals surface area contributed by atoms with E-state index in [1.54, 1.807) is 32.4 Å². The minimum atomic E-state index is -0.181. The van der Waals surface area contributed by atoms with Gasteiger partial charge < -0.3 is 14.0 Å². The lowest BCUT2D eigenvalue weighted by molar-refractivity contribution is -0.120. The van der Waals surface area contributed by atoms with Gasteiger partial charge in [-0.2, -0.15) is 5.10 Å². The van der Waals surface area contributed by atoms with Crippen LogP contribution in [0.4, 0.5) is 0 Å². The fraction of sp³-hybridized carbons (Fsp3) is 0.250. The summed E-state index contributed by atoms with van der Waals surface area (Å²) in [7, 11) is 5.06. The summed E-state index contributed by atoms with van der Waals surface area (Å²) in [6.45, 7) is 0. The molecule has 0 saturated heterocycles. The van der Waals surface area contributed by atoms with E-state index in [9.17, 15) is 4.79 Å². The number of hydrogen-bond donors (Lipinski definition) is 1. The molecule has 0 atom stereocenters. The van der Waals surface area contributed by atoms with Crippen molar-refractivity contribution in [2.24, 2.45) is 12.1 Å². The largest absolute Gasteiger partial charge is 0.497 e. The Bertz CT molecular complexity index is 677. The Balaban J connectivity index is 2.00. The molecule has 0 unspecified atom stereocenters. The molecule has 22 heavy (non-hydrogen) atoms. The molecule has 2 rings (SSSR count). The van der Waals surface area contributed by atoms with Crippen LogP contribution in [-0.2, 0) is 18.3 Å². The van der Waals surface area contributed by atoms with Crippen molar-refractivity contribution in [3.05, 3.63) is 47.8 Å². The summed E-state index contributed by atoms with van der Waals surface area (Å²) >= 11 is 0. The molecular formula is C16H19N3O3. The third-order valence-corrected chi connectivity index (χ3v) is 3.22. The molecule has 0 aliphatic carbocycles. The van der Waals surface area contributed by atoms with Crippen LogP contribution < -0.4 is 14.9 Å². The molecule has 0 aliphatic rings. The number of nitrogens with one attached hydrogen (secondary N) is 1. The second-order valence-corrected chi connectivity index (χ2v) is 4.69. The van der Waals surface area contributed by atoms with Crippen LogP contribution in [0, 0.1) is 0 Å². The van der Waals surface area contributed by atoms with Gasteiger partial charge >= 0.3 is 0 Å². The van der Waals surface area contributed by atoms with Gasteiger partial charge in [-0.15, -0.1) is 0 Å². The van der Waals surface area contributed by atoms with Gasteiger partial charge in [-0.25, -0.2) is 5.43 Å². The van der Waals surface area contributed by atoms with E-state index in [0.29, 0.717) is 11.5 Å². The third-order valence-electron chi connectivity index (χ3n) is 3.22. The Hall–Kier alpha value is -2.76. The lowest BCUT2D eigenvalue weighted by Crippen LogP contribution is -2.20. The summed E-state index contributed by atoms with van der Waals surface area (Å²) in [5.41, 5.74) is 4.15. The molecule has 0 spiro atoms. The minimum absolute atomic E-state index is 0.181. The fourth-order valence-electron chi connectivity index (χ4n) is 2.00. The SMILES string of the molecule is COc1ccc(OC)c(/C=N/NC(=O)Cc2cccn2C)c1. The standard InChI is InChI=1S/C16H19N3O3/c1-19-8-4-5-13(19)10-16(20)18-17-11-12-9-14(21-2)6-7-15(12)22-3/h4-9,11H,10H2,1-3H3,(H,18,20)/b17-11+. The summed E-state index contributed by atoms with van der Waals surface area (Å²) in [5.74, 6) is 1.17. The first-order valence-electron chi connectivity index (χ1n) is 6.78. The molecule has 6 heteroatoms. The molecule has 116 valence electrons. The van der Waals surface area contributed by atoms with Gasteiger partial charge in [0.25, 0.3) is 0 Å². The van der Waals surface area contributed by atoms with Gasteiger partial charge in [-0.3, -0.25) is 4.79 Å². The molecule has 1 heterocycles. The zero-order chi connectivity index (χ0) is 15.9. The average Bonchev–Trinajstić information content (AvgIpc) is 2.92. The zero-order valence-corrected chi connectivity index (χ0v) is 12.9. The predicted octanol–water partition coefficient (Wildman–Crippen LogP) is 1.74. The van der Waals surface area contributed by atoms with E-state index in [4.69, 9.17) is 9.47 Å². The molecule has 0 fully saturated rings. The summed E-state index contributed by atoms with van der Waals surface area (Å²) in [6.07, 6.45) is 3.70. The lowest BCUT2D eigenvalue weighted by Gasteiger charge is -2.07. The van der Waals surface area contributed by atoms with Gasteiger partial charge in [0.2, 0.25) is 5.91 Å². The molecule has 1 aromatic carbocycles. The van der Waals surface area contributed by atoms with E-state index >= 15 is 0 Å². The second kappa shape index (κ2) is 7.31. The van der Waals surface area contributed by atoms with Gasteiger partial charge in [0.15, 0.2) is 0 Å². The molecule has 1 amide bonds. The number of ether oxygens (including phenoxy) is 2. The van der Waals surface area contributed by atoms with Crippen LogP contribution in [0.1, 0.15) is 11.3 Å². The molecule has 1 N–H and O–H groups in total. The number of aromatic nitrogens is 1. The highest BCUT2D eigenvalue weighted by Crippen LogP contribution is 2.22. The predicted molar refractivity (Wildman–Crippen MR) is 84.4 cm³/mol. The number of amides is 1. The second-order valence-electron chi connectivity index (χ2n) is 4.69. The van der Waals surface area contributed by atoms with Crippen molar-refractivity contribution in [2.75, 3.05) is 14.2 Å². The van der Waals surface area contributed by atoms with Crippen molar-refractivity contribution in [3.8, 4) is 11.5 Å². The normalized spacial score (nSPS) is 10.7. The number of hydrogen-bond acceptors (Lipinski definition) is 4. The number of carbonyl (C=O) groups is 1. The van der Waals surface area contributed by atoms with Gasteiger partial charge in [0.1, 0.15) is 11.5 Å². The topological polar surface area (TPSA) is 64.8 Å². The van der Waals surface area contributed by atoms with Gasteiger partial charge in [0.05, 0.1) is 26.9 Å². The van der Waals surface area contributed by atoms with Crippen LogP contribution in [0.25, 0.3) is 0 Å². The van der Waals surface area contributed by atoms with Gasteiger partial charge in [-0.05, 0) is 30.3 Å². The number of carbonyl (C=O) groups excluding carboxylic acids is 1. The van der Waals surface area contributed by atoms with Crippen molar-refractivity contribution in [3.63, 3.8) is 0 Å². The molecule has 2 aromatic rings. The van der Waals surface area contributed by atoms with Gasteiger partial charge in [-0.1, -0.05) is 0 Å². The average molecular weight is 301 g/mol. The first kappa shape index (κ1) is 15.6. The number of rotatable bonds is 6. The van der Waals surface area contributed by atoms with Crippen LogP contribution in [0.3, 0.4) is 0 Å². The number of benzene rings is 1. The Morgan fingerprint density at radius 2 is 2.14 bits per heavy atom. The maximum atomic E-state index is 11.8. The van der Waals surface area contributed by atoms with Crippen molar-refractivity contribution >= 4 is 12.1 Å². The smallest absolute Gasteiger partial charge is 0.245 e. The van der Waals surface area contributed by atoms with E-state index in [2.05, 4.69) is 10.5 Å². The van der Waals surface area contributed by atoms with Crippen LogP contribution in [0.5, 0.6) is 11.5 Å². The van der Waals surface area contributed by atoms with Crippen molar-refractivity contribution in [1.29, 1.82) is 0 Å². The molecule has 1 aromatic heterocycles. The van der Waals surface area contributed by atoms with E-state index in [0.717, 1.165) is 11.3 Å². The van der Waals surface area contributed by atoms with E-state index in [-0.39, 0.29) is 12.3 Å². The highest BCUT2D eigenvalue weighted by atomic mass is 16.5. The summed E-state index contributed by atoms with van der Waals surface area (Å²) < 4.78 is 12.3. The molecule has 0 saturated carbocycles. The Kier molecular flexibility index (Phi) is 5.19. The highest BCUT2D eigenvalue weighted by molar-refractivity contribution is 5.86.